The van der Waals surface area contributed by atoms with Crippen LogP contribution in [-0.4, -0.2) is 36.7 Å². The Labute approximate surface area is 193 Å². The number of aromatic nitrogens is 2. The Hall–Kier alpha value is -2.92. The van der Waals surface area contributed by atoms with E-state index < -0.39 is 21.7 Å². The zero-order chi connectivity index (χ0) is 22.6. The van der Waals surface area contributed by atoms with Crippen LogP contribution in [0.1, 0.15) is 15.2 Å². The van der Waals surface area contributed by atoms with Crippen LogP contribution in [0.3, 0.4) is 0 Å². The van der Waals surface area contributed by atoms with Crippen molar-refractivity contribution in [1.29, 1.82) is 5.26 Å². The number of hydrogen-bond acceptors (Lipinski definition) is 10. The van der Waals surface area contributed by atoms with Gasteiger partial charge in [-0.2, -0.15) is 5.26 Å². The van der Waals surface area contributed by atoms with E-state index in [1.165, 1.54) is 23.5 Å². The van der Waals surface area contributed by atoms with Crippen molar-refractivity contribution in [2.24, 2.45) is 0 Å². The molecule has 1 aromatic carbocycles. The van der Waals surface area contributed by atoms with E-state index in [4.69, 9.17) is 4.74 Å². The van der Waals surface area contributed by atoms with E-state index in [2.05, 4.69) is 31.4 Å². The molecule has 0 saturated heterocycles. The third kappa shape index (κ3) is 5.82. The molecule has 31 heavy (non-hydrogen) atoms. The average Bonchev–Trinajstić information content (AvgIpc) is 3.39. The highest BCUT2D eigenvalue weighted by Gasteiger charge is 2.18. The van der Waals surface area contributed by atoms with Crippen molar-refractivity contribution in [2.45, 2.75) is 4.34 Å². The van der Waals surface area contributed by atoms with Gasteiger partial charge in [-0.1, -0.05) is 23.5 Å². The molecule has 13 heteroatoms. The molecule has 0 bridgehead atoms. The van der Waals surface area contributed by atoms with Crippen LogP contribution in [0.2, 0.25) is 0 Å². The summed E-state index contributed by atoms with van der Waals surface area (Å²) >= 11 is 5.24. The van der Waals surface area contributed by atoms with Gasteiger partial charge in [-0.25, -0.2) is 13.2 Å². The minimum absolute atomic E-state index is 0.0522. The minimum atomic E-state index is -3.55. The normalized spacial score (nSPS) is 11.6. The van der Waals surface area contributed by atoms with Gasteiger partial charge in [0.2, 0.25) is 19.3 Å². The lowest BCUT2D eigenvalue weighted by Gasteiger charge is -2.06. The number of carbonyl (C=O) groups is 2. The molecule has 158 valence electrons. The Kier molecular flexibility index (Phi) is 6.96. The molecule has 1 amide bonds. The summed E-state index contributed by atoms with van der Waals surface area (Å²) in [6.45, 7) is 0. The molecule has 3 rings (SSSR count). The number of nitrogens with one attached hydrogen (secondary N) is 1. The SMILES string of the molecule is CS(=O)(=O)c1nnc(NC(=O)/C(C#N)=C\c2ccc(OC(=O)c3cccs3)c(Br)c2)s1. The number of hydrogen-bond donors (Lipinski definition) is 1. The number of rotatable bonds is 6. The molecule has 0 unspecified atom stereocenters. The quantitative estimate of drug-likeness (QED) is 0.165. The summed E-state index contributed by atoms with van der Waals surface area (Å²) < 4.78 is 28.4. The van der Waals surface area contributed by atoms with E-state index >= 15 is 0 Å². The highest BCUT2D eigenvalue weighted by Crippen LogP contribution is 2.28. The van der Waals surface area contributed by atoms with E-state index in [1.807, 2.05) is 0 Å². The van der Waals surface area contributed by atoms with Crippen molar-refractivity contribution in [2.75, 3.05) is 11.6 Å². The van der Waals surface area contributed by atoms with E-state index in [0.717, 1.165) is 6.26 Å². The Balaban J connectivity index is 1.75. The molecule has 0 saturated carbocycles. The maximum Gasteiger partial charge on any atom is 0.353 e. The molecule has 0 atom stereocenters. The molecule has 3 aromatic rings. The predicted octanol–water partition coefficient (Wildman–Crippen LogP) is 3.53. The minimum Gasteiger partial charge on any atom is -0.421 e. The number of nitriles is 1. The van der Waals surface area contributed by atoms with Crippen molar-refractivity contribution in [3.8, 4) is 11.8 Å². The second-order valence-electron chi connectivity index (χ2n) is 5.83. The fourth-order valence-electron chi connectivity index (χ4n) is 2.12. The van der Waals surface area contributed by atoms with E-state index in [0.29, 0.717) is 26.3 Å². The van der Waals surface area contributed by atoms with Gasteiger partial charge in [0.1, 0.15) is 22.3 Å². The zero-order valence-corrected chi connectivity index (χ0v) is 19.6. The summed E-state index contributed by atoms with van der Waals surface area (Å²) in [6.07, 6.45) is 2.29. The summed E-state index contributed by atoms with van der Waals surface area (Å²) in [4.78, 5) is 24.9. The third-order valence-electron chi connectivity index (χ3n) is 3.50. The van der Waals surface area contributed by atoms with Crippen molar-refractivity contribution < 1.29 is 22.7 Å². The van der Waals surface area contributed by atoms with Crippen LogP contribution < -0.4 is 10.1 Å². The number of sulfone groups is 1. The lowest BCUT2D eigenvalue weighted by atomic mass is 10.1. The Morgan fingerprint density at radius 3 is 2.65 bits per heavy atom. The van der Waals surface area contributed by atoms with Crippen molar-refractivity contribution in [3.05, 3.63) is 56.2 Å². The Morgan fingerprint density at radius 2 is 2.06 bits per heavy atom. The van der Waals surface area contributed by atoms with Gasteiger partial charge in [-0.3, -0.25) is 10.1 Å². The number of thiophene rings is 1. The van der Waals surface area contributed by atoms with E-state index in [9.17, 15) is 23.3 Å². The smallest absolute Gasteiger partial charge is 0.353 e. The van der Waals surface area contributed by atoms with Gasteiger partial charge in [-0.05, 0) is 51.1 Å². The van der Waals surface area contributed by atoms with Crippen molar-refractivity contribution >= 4 is 71.5 Å². The van der Waals surface area contributed by atoms with Gasteiger partial charge in [-0.15, -0.1) is 21.5 Å². The molecule has 0 aliphatic carbocycles. The molecule has 0 aliphatic rings. The first kappa shape index (κ1) is 22.8. The first-order valence-corrected chi connectivity index (χ1v) is 12.6. The van der Waals surface area contributed by atoms with Gasteiger partial charge in [0, 0.05) is 6.26 Å². The van der Waals surface area contributed by atoms with E-state index in [1.54, 1.807) is 35.7 Å². The lowest BCUT2D eigenvalue weighted by molar-refractivity contribution is -0.112. The van der Waals surface area contributed by atoms with Crippen LogP contribution >= 0.6 is 38.6 Å². The summed E-state index contributed by atoms with van der Waals surface area (Å²) in [5, 5.41) is 20.5. The van der Waals surface area contributed by atoms with Crippen LogP contribution in [0.5, 0.6) is 5.75 Å². The molecular weight excluding hydrogens is 528 g/mol. The molecule has 0 radical (unpaired) electrons. The number of nitrogens with zero attached hydrogens (tertiary/aromatic N) is 3. The third-order valence-corrected chi connectivity index (χ3v) is 7.48. The maximum atomic E-state index is 12.3. The van der Waals surface area contributed by atoms with Gasteiger partial charge < -0.3 is 4.74 Å². The van der Waals surface area contributed by atoms with Gasteiger partial charge >= 0.3 is 5.97 Å². The largest absolute Gasteiger partial charge is 0.421 e. The molecular formula is C18H11BrN4O5S3. The first-order valence-electron chi connectivity index (χ1n) is 8.19. The second kappa shape index (κ2) is 9.48. The van der Waals surface area contributed by atoms with Gasteiger partial charge in [0.05, 0.1) is 4.47 Å². The number of carbonyl (C=O) groups excluding carboxylic acids is 2. The monoisotopic (exact) mass is 538 g/mol. The Morgan fingerprint density at radius 1 is 1.29 bits per heavy atom. The molecule has 0 aliphatic heterocycles. The fraction of sp³-hybridized carbons (Fsp3) is 0.0556. The number of halogens is 1. The number of ether oxygens (including phenoxy) is 1. The van der Waals surface area contributed by atoms with Crippen molar-refractivity contribution in [1.82, 2.24) is 10.2 Å². The summed E-state index contributed by atoms with van der Waals surface area (Å²) in [5.74, 6) is -0.995. The number of amides is 1. The summed E-state index contributed by atoms with van der Waals surface area (Å²) in [7, 11) is -3.55. The summed E-state index contributed by atoms with van der Waals surface area (Å²) in [5.41, 5.74) is 0.245. The standard InChI is InChI=1S/C18H11BrN4O5S3/c1-31(26,27)18-23-22-17(30-18)21-15(24)11(9-20)7-10-4-5-13(12(19)8-10)28-16(25)14-3-2-6-29-14/h2-8H,1H3,(H,21,22,24)/b11-7-. The zero-order valence-electron chi connectivity index (χ0n) is 15.5. The van der Waals surface area contributed by atoms with Gasteiger partial charge in [0.15, 0.2) is 0 Å². The highest BCUT2D eigenvalue weighted by molar-refractivity contribution is 9.10. The number of benzene rings is 1. The molecule has 1 N–H and O–H groups in total. The molecule has 2 heterocycles. The highest BCUT2D eigenvalue weighted by atomic mass is 79.9. The fourth-order valence-corrected chi connectivity index (χ4v) is 4.70. The van der Waals surface area contributed by atoms with E-state index in [-0.39, 0.29) is 20.8 Å². The first-order chi connectivity index (χ1) is 14.7. The van der Waals surface area contributed by atoms with Crippen molar-refractivity contribution in [3.63, 3.8) is 0 Å². The van der Waals surface area contributed by atoms with Crippen LogP contribution in [0.15, 0.2) is 50.1 Å². The molecule has 9 nitrogen and oxygen atoms in total. The average molecular weight is 539 g/mol. The van der Waals surface area contributed by atoms with Crippen LogP contribution in [0.25, 0.3) is 6.08 Å². The van der Waals surface area contributed by atoms with Crippen LogP contribution in [0.4, 0.5) is 5.13 Å². The number of esters is 1. The van der Waals surface area contributed by atoms with Gasteiger partial charge in [0.25, 0.3) is 5.91 Å². The predicted molar refractivity (Wildman–Crippen MR) is 119 cm³/mol. The molecule has 0 fully saturated rings. The maximum absolute atomic E-state index is 12.3. The molecule has 0 spiro atoms. The second-order valence-corrected chi connectivity index (χ2v) is 10.8. The van der Waals surface area contributed by atoms with Crippen LogP contribution in [-0.2, 0) is 14.6 Å². The topological polar surface area (TPSA) is 139 Å². The lowest BCUT2D eigenvalue weighted by Crippen LogP contribution is -2.13. The van der Waals surface area contributed by atoms with Crippen LogP contribution in [0, 0.1) is 11.3 Å². The molecule has 2 aromatic heterocycles. The summed E-state index contributed by atoms with van der Waals surface area (Å²) in [6, 6.07) is 9.84. The number of anilines is 1. The Bertz CT molecular complexity index is 1320.